The Bertz CT molecular complexity index is 663. The van der Waals surface area contributed by atoms with Crippen molar-refractivity contribution in [3.8, 4) is 0 Å². The average molecular weight is 262 g/mol. The predicted octanol–water partition coefficient (Wildman–Crippen LogP) is 1.85. The molecule has 3 rings (SSSR count). The lowest BCUT2D eigenvalue weighted by Gasteiger charge is -2.23. The van der Waals surface area contributed by atoms with Crippen molar-refractivity contribution in [3.63, 3.8) is 0 Å². The zero-order valence-electron chi connectivity index (χ0n) is 10.7. The molecule has 0 unspecified atom stereocenters. The number of carboxylic acids is 1. The number of aliphatic carboxylic acids is 1. The van der Waals surface area contributed by atoms with E-state index in [2.05, 4.69) is 4.90 Å². The van der Waals surface area contributed by atoms with E-state index in [0.717, 1.165) is 41.7 Å². The minimum atomic E-state index is -0.872. The van der Waals surface area contributed by atoms with E-state index in [1.54, 1.807) is 10.6 Å². The van der Waals surface area contributed by atoms with Crippen LogP contribution in [0.2, 0.25) is 0 Å². The minimum absolute atomic E-state index is 0.0683. The second kappa shape index (κ2) is 4.35. The number of likely N-dealkylation sites (N-methyl/N-ethyl adjacent to an activating group) is 1. The second-order valence-electron chi connectivity index (χ2n) is 5.05. The highest BCUT2D eigenvalue weighted by Crippen LogP contribution is 2.31. The summed E-state index contributed by atoms with van der Waals surface area (Å²) in [4.78, 5) is 13.2. The van der Waals surface area contributed by atoms with Gasteiger partial charge in [0.2, 0.25) is 0 Å². The van der Waals surface area contributed by atoms with Crippen LogP contribution in [0.1, 0.15) is 11.3 Å². The highest BCUT2D eigenvalue weighted by atomic mass is 19.1. The lowest BCUT2D eigenvalue weighted by Crippen LogP contribution is -2.27. The van der Waals surface area contributed by atoms with E-state index in [1.165, 1.54) is 12.1 Å². The van der Waals surface area contributed by atoms with Crippen LogP contribution in [0.5, 0.6) is 0 Å². The van der Waals surface area contributed by atoms with Gasteiger partial charge in [0.05, 0.1) is 0 Å². The van der Waals surface area contributed by atoms with Crippen molar-refractivity contribution in [3.05, 3.63) is 35.3 Å². The maximum Gasteiger partial charge on any atom is 0.323 e. The first-order chi connectivity index (χ1) is 9.06. The largest absolute Gasteiger partial charge is 0.480 e. The highest BCUT2D eigenvalue weighted by Gasteiger charge is 2.23. The Labute approximate surface area is 110 Å². The fraction of sp³-hybridized carbons (Fsp3) is 0.357. The molecule has 4 nitrogen and oxygen atoms in total. The quantitative estimate of drug-likeness (QED) is 0.898. The number of halogens is 1. The van der Waals surface area contributed by atoms with Gasteiger partial charge in [-0.1, -0.05) is 0 Å². The fourth-order valence-electron chi connectivity index (χ4n) is 2.87. The molecule has 0 amide bonds. The molecule has 1 aromatic carbocycles. The number of aromatic nitrogens is 1. The number of carbonyl (C=O) groups is 1. The van der Waals surface area contributed by atoms with E-state index in [-0.39, 0.29) is 12.4 Å². The summed E-state index contributed by atoms with van der Waals surface area (Å²) in [5.41, 5.74) is 2.90. The van der Waals surface area contributed by atoms with Crippen molar-refractivity contribution in [2.45, 2.75) is 19.5 Å². The van der Waals surface area contributed by atoms with Crippen LogP contribution in [0.3, 0.4) is 0 Å². The van der Waals surface area contributed by atoms with Crippen LogP contribution in [0, 0.1) is 5.82 Å². The Balaban J connectivity index is 2.26. The summed E-state index contributed by atoms with van der Waals surface area (Å²) in [5.74, 6) is -1.15. The monoisotopic (exact) mass is 262 g/mol. The molecule has 0 saturated heterocycles. The molecule has 1 aliphatic heterocycles. The topological polar surface area (TPSA) is 45.5 Å². The van der Waals surface area contributed by atoms with Gasteiger partial charge in [0.1, 0.15) is 12.4 Å². The van der Waals surface area contributed by atoms with E-state index >= 15 is 0 Å². The number of carboxylic acid groups (broad SMARTS) is 1. The van der Waals surface area contributed by atoms with Crippen LogP contribution in [0.15, 0.2) is 18.2 Å². The van der Waals surface area contributed by atoms with Gasteiger partial charge in [-0.15, -0.1) is 0 Å². The van der Waals surface area contributed by atoms with Gasteiger partial charge in [-0.2, -0.15) is 0 Å². The molecule has 2 aromatic rings. The number of rotatable bonds is 2. The lowest BCUT2D eigenvalue weighted by molar-refractivity contribution is -0.137. The third-order valence-electron chi connectivity index (χ3n) is 3.70. The van der Waals surface area contributed by atoms with Crippen LogP contribution < -0.4 is 0 Å². The number of fused-ring (bicyclic) bond motifs is 3. The smallest absolute Gasteiger partial charge is 0.323 e. The van der Waals surface area contributed by atoms with Gasteiger partial charge in [-0.3, -0.25) is 4.79 Å². The third-order valence-corrected chi connectivity index (χ3v) is 3.70. The SMILES string of the molecule is CN1CCc2c(c3cc(F)ccc3n2CC(=O)O)C1. The summed E-state index contributed by atoms with van der Waals surface area (Å²) >= 11 is 0. The molecule has 1 aromatic heterocycles. The maximum atomic E-state index is 13.4. The highest BCUT2D eigenvalue weighted by molar-refractivity contribution is 5.87. The van der Waals surface area contributed by atoms with E-state index in [1.807, 2.05) is 7.05 Å². The minimum Gasteiger partial charge on any atom is -0.480 e. The summed E-state index contributed by atoms with van der Waals surface area (Å²) in [6.07, 6.45) is 0.801. The fourth-order valence-corrected chi connectivity index (χ4v) is 2.87. The molecule has 0 spiro atoms. The summed E-state index contributed by atoms with van der Waals surface area (Å²) in [6.45, 7) is 1.56. The summed E-state index contributed by atoms with van der Waals surface area (Å²) < 4.78 is 15.2. The van der Waals surface area contributed by atoms with Crippen molar-refractivity contribution in [2.75, 3.05) is 13.6 Å². The Morgan fingerprint density at radius 2 is 2.26 bits per heavy atom. The van der Waals surface area contributed by atoms with E-state index in [4.69, 9.17) is 5.11 Å². The number of nitrogens with zero attached hydrogens (tertiary/aromatic N) is 2. The van der Waals surface area contributed by atoms with E-state index in [0.29, 0.717) is 0 Å². The van der Waals surface area contributed by atoms with Crippen molar-refractivity contribution in [1.82, 2.24) is 9.47 Å². The van der Waals surface area contributed by atoms with Gasteiger partial charge in [0.25, 0.3) is 0 Å². The molecular formula is C14H15FN2O2. The molecule has 1 N–H and O–H groups in total. The van der Waals surface area contributed by atoms with Crippen molar-refractivity contribution in [2.24, 2.45) is 0 Å². The predicted molar refractivity (Wildman–Crippen MR) is 69.6 cm³/mol. The molecule has 19 heavy (non-hydrogen) atoms. The van der Waals surface area contributed by atoms with Gasteiger partial charge >= 0.3 is 5.97 Å². The Hall–Kier alpha value is -1.88. The molecule has 0 fully saturated rings. The van der Waals surface area contributed by atoms with Crippen LogP contribution in [0.25, 0.3) is 10.9 Å². The third kappa shape index (κ3) is 2.00. The number of hydrogen-bond acceptors (Lipinski definition) is 2. The summed E-state index contributed by atoms with van der Waals surface area (Å²) in [7, 11) is 2.02. The summed E-state index contributed by atoms with van der Waals surface area (Å²) in [6, 6.07) is 4.56. The van der Waals surface area contributed by atoms with Gasteiger partial charge in [0, 0.05) is 36.1 Å². The number of benzene rings is 1. The second-order valence-corrected chi connectivity index (χ2v) is 5.05. The molecule has 0 bridgehead atoms. The van der Waals surface area contributed by atoms with Crippen LogP contribution in [0.4, 0.5) is 4.39 Å². The molecular weight excluding hydrogens is 247 g/mol. The van der Waals surface area contributed by atoms with Crippen molar-refractivity contribution < 1.29 is 14.3 Å². The zero-order chi connectivity index (χ0) is 13.6. The Kier molecular flexibility index (Phi) is 2.78. The Morgan fingerprint density at radius 1 is 1.47 bits per heavy atom. The van der Waals surface area contributed by atoms with Crippen LogP contribution in [-0.2, 0) is 24.3 Å². The lowest BCUT2D eigenvalue weighted by atomic mass is 10.1. The van der Waals surface area contributed by atoms with Crippen LogP contribution >= 0.6 is 0 Å². The van der Waals surface area contributed by atoms with Gasteiger partial charge in [-0.05, 0) is 30.8 Å². The first-order valence-electron chi connectivity index (χ1n) is 6.26. The Morgan fingerprint density at radius 3 is 3.00 bits per heavy atom. The maximum absolute atomic E-state index is 13.4. The first-order valence-corrected chi connectivity index (χ1v) is 6.26. The van der Waals surface area contributed by atoms with E-state index in [9.17, 15) is 9.18 Å². The normalized spacial score (nSPS) is 15.7. The van der Waals surface area contributed by atoms with Crippen molar-refractivity contribution >= 4 is 16.9 Å². The molecule has 0 saturated carbocycles. The first kappa shape index (κ1) is 12.2. The molecule has 100 valence electrons. The van der Waals surface area contributed by atoms with Gasteiger partial charge in [0.15, 0.2) is 0 Å². The standard InChI is InChI=1S/C14H15FN2O2/c1-16-5-4-13-11(7-16)10-6-9(15)2-3-12(10)17(13)8-14(18)19/h2-3,6H,4-5,7-8H2,1H3,(H,18,19). The number of hydrogen-bond donors (Lipinski definition) is 1. The molecule has 0 atom stereocenters. The van der Waals surface area contributed by atoms with Crippen molar-refractivity contribution in [1.29, 1.82) is 0 Å². The molecule has 2 heterocycles. The van der Waals surface area contributed by atoms with Gasteiger partial charge < -0.3 is 14.6 Å². The molecule has 0 radical (unpaired) electrons. The molecule has 0 aliphatic carbocycles. The van der Waals surface area contributed by atoms with Crippen LogP contribution in [-0.4, -0.2) is 34.1 Å². The molecule has 1 aliphatic rings. The summed E-state index contributed by atoms with van der Waals surface area (Å²) in [5, 5.41) is 9.88. The van der Waals surface area contributed by atoms with Gasteiger partial charge in [-0.25, -0.2) is 4.39 Å². The van der Waals surface area contributed by atoms with E-state index < -0.39 is 5.97 Å². The zero-order valence-corrected chi connectivity index (χ0v) is 10.7. The molecule has 5 heteroatoms. The average Bonchev–Trinajstić information content (AvgIpc) is 2.62.